The molecule has 1 aromatic rings. The lowest BCUT2D eigenvalue weighted by Crippen LogP contribution is -2.21. The van der Waals surface area contributed by atoms with Gasteiger partial charge in [-0.1, -0.05) is 51.9 Å². The van der Waals surface area contributed by atoms with Gasteiger partial charge in [-0.2, -0.15) is 0 Å². The van der Waals surface area contributed by atoms with Crippen molar-refractivity contribution in [1.29, 1.82) is 0 Å². The first-order valence-corrected chi connectivity index (χ1v) is 8.64. The van der Waals surface area contributed by atoms with E-state index in [2.05, 4.69) is 43.2 Å². The van der Waals surface area contributed by atoms with Gasteiger partial charge in [0.05, 0.1) is 6.04 Å². The summed E-state index contributed by atoms with van der Waals surface area (Å²) in [5.74, 6) is 0.606. The Kier molecular flexibility index (Phi) is 8.22. The second kappa shape index (κ2) is 9.43. The molecule has 0 amide bonds. The molecule has 0 saturated heterocycles. The molecule has 0 aliphatic heterocycles. The smallest absolute Gasteiger partial charge is 0.134 e. The summed E-state index contributed by atoms with van der Waals surface area (Å²) in [6.45, 7) is 9.97. The van der Waals surface area contributed by atoms with E-state index in [0.29, 0.717) is 12.0 Å². The normalized spacial score (nSPS) is 14.5. The SMILES string of the molecule is CCCCC(CC)c1nnc(C(CC)NCCC)s1. The van der Waals surface area contributed by atoms with Crippen LogP contribution in [0.4, 0.5) is 0 Å². The molecule has 1 aromatic heterocycles. The standard InChI is InChI=1S/C15H29N3S/c1-5-9-10-12(7-3)14-17-18-15(19-14)13(8-4)16-11-6-2/h12-13,16H,5-11H2,1-4H3. The highest BCUT2D eigenvalue weighted by molar-refractivity contribution is 7.11. The van der Waals surface area contributed by atoms with E-state index in [1.807, 2.05) is 11.3 Å². The van der Waals surface area contributed by atoms with Crippen molar-refractivity contribution < 1.29 is 0 Å². The third-order valence-corrected chi connectivity index (χ3v) is 4.75. The fraction of sp³-hybridized carbons (Fsp3) is 0.867. The average Bonchev–Trinajstić information content (AvgIpc) is 2.90. The zero-order chi connectivity index (χ0) is 14.1. The highest BCUT2D eigenvalue weighted by atomic mass is 32.1. The summed E-state index contributed by atoms with van der Waals surface area (Å²) in [5.41, 5.74) is 0. The van der Waals surface area contributed by atoms with Crippen LogP contribution < -0.4 is 5.32 Å². The topological polar surface area (TPSA) is 37.8 Å². The zero-order valence-corrected chi connectivity index (χ0v) is 13.7. The average molecular weight is 283 g/mol. The first-order valence-electron chi connectivity index (χ1n) is 7.83. The maximum Gasteiger partial charge on any atom is 0.134 e. The lowest BCUT2D eigenvalue weighted by molar-refractivity contribution is 0.512. The predicted octanol–water partition coefficient (Wildman–Crippen LogP) is 4.67. The molecule has 1 N–H and O–H groups in total. The van der Waals surface area contributed by atoms with Gasteiger partial charge in [-0.3, -0.25) is 0 Å². The van der Waals surface area contributed by atoms with Gasteiger partial charge in [-0.05, 0) is 32.2 Å². The van der Waals surface area contributed by atoms with Crippen molar-refractivity contribution in [3.8, 4) is 0 Å². The summed E-state index contributed by atoms with van der Waals surface area (Å²) in [5, 5.41) is 14.8. The van der Waals surface area contributed by atoms with E-state index in [-0.39, 0.29) is 0 Å². The first-order chi connectivity index (χ1) is 9.26. The molecule has 19 heavy (non-hydrogen) atoms. The molecule has 0 spiro atoms. The summed E-state index contributed by atoms with van der Waals surface area (Å²) < 4.78 is 0. The Morgan fingerprint density at radius 1 is 1.00 bits per heavy atom. The summed E-state index contributed by atoms with van der Waals surface area (Å²) in [4.78, 5) is 0. The summed E-state index contributed by atoms with van der Waals surface area (Å²) in [6.07, 6.45) is 7.22. The molecule has 0 saturated carbocycles. The van der Waals surface area contributed by atoms with Gasteiger partial charge in [0.25, 0.3) is 0 Å². The number of hydrogen-bond acceptors (Lipinski definition) is 4. The number of unbranched alkanes of at least 4 members (excludes halogenated alkanes) is 1. The molecule has 0 bridgehead atoms. The monoisotopic (exact) mass is 283 g/mol. The molecule has 1 rings (SSSR count). The highest BCUT2D eigenvalue weighted by Gasteiger charge is 2.18. The summed E-state index contributed by atoms with van der Waals surface area (Å²) in [7, 11) is 0. The van der Waals surface area contributed by atoms with Crippen LogP contribution in [0.5, 0.6) is 0 Å². The van der Waals surface area contributed by atoms with Gasteiger partial charge in [0.2, 0.25) is 0 Å². The minimum atomic E-state index is 0.384. The maximum atomic E-state index is 4.45. The lowest BCUT2D eigenvalue weighted by Gasteiger charge is -2.13. The third kappa shape index (κ3) is 5.19. The Morgan fingerprint density at radius 3 is 2.32 bits per heavy atom. The van der Waals surface area contributed by atoms with E-state index >= 15 is 0 Å². The zero-order valence-electron chi connectivity index (χ0n) is 12.9. The molecule has 4 heteroatoms. The van der Waals surface area contributed by atoms with Gasteiger partial charge in [0.15, 0.2) is 0 Å². The number of nitrogens with zero attached hydrogens (tertiary/aromatic N) is 2. The van der Waals surface area contributed by atoms with Crippen LogP contribution in [0.25, 0.3) is 0 Å². The van der Waals surface area contributed by atoms with Crippen LogP contribution >= 0.6 is 11.3 Å². The van der Waals surface area contributed by atoms with Crippen molar-refractivity contribution >= 4 is 11.3 Å². The highest BCUT2D eigenvalue weighted by Crippen LogP contribution is 2.30. The largest absolute Gasteiger partial charge is 0.308 e. The maximum absolute atomic E-state index is 4.45. The predicted molar refractivity (Wildman–Crippen MR) is 83.8 cm³/mol. The van der Waals surface area contributed by atoms with Crippen LogP contribution in [0.15, 0.2) is 0 Å². The van der Waals surface area contributed by atoms with Crippen LogP contribution in [0.1, 0.15) is 88.2 Å². The number of hydrogen-bond donors (Lipinski definition) is 1. The molecule has 1 heterocycles. The Bertz CT molecular complexity index is 307. The number of rotatable bonds is 10. The quantitative estimate of drug-likeness (QED) is 0.678. The van der Waals surface area contributed by atoms with Gasteiger partial charge in [-0.25, -0.2) is 0 Å². The van der Waals surface area contributed by atoms with E-state index in [1.54, 1.807) is 0 Å². The molecule has 0 radical (unpaired) electrons. The minimum absolute atomic E-state index is 0.384. The Hall–Kier alpha value is -0.480. The van der Waals surface area contributed by atoms with E-state index in [0.717, 1.165) is 19.4 Å². The van der Waals surface area contributed by atoms with Crippen molar-refractivity contribution in [2.75, 3.05) is 6.54 Å². The van der Waals surface area contributed by atoms with Crippen molar-refractivity contribution in [2.45, 2.75) is 78.2 Å². The van der Waals surface area contributed by atoms with Crippen molar-refractivity contribution in [3.05, 3.63) is 10.0 Å². The van der Waals surface area contributed by atoms with E-state index in [4.69, 9.17) is 0 Å². The number of nitrogens with one attached hydrogen (secondary N) is 1. The Balaban J connectivity index is 2.67. The molecule has 2 unspecified atom stereocenters. The summed E-state index contributed by atoms with van der Waals surface area (Å²) >= 11 is 1.81. The van der Waals surface area contributed by atoms with Crippen molar-refractivity contribution in [2.24, 2.45) is 0 Å². The van der Waals surface area contributed by atoms with E-state index in [1.165, 1.54) is 35.7 Å². The van der Waals surface area contributed by atoms with Gasteiger partial charge < -0.3 is 5.32 Å². The molecule has 110 valence electrons. The van der Waals surface area contributed by atoms with Crippen LogP contribution in [-0.2, 0) is 0 Å². The molecule has 0 aliphatic rings. The van der Waals surface area contributed by atoms with Crippen molar-refractivity contribution in [1.82, 2.24) is 15.5 Å². The molecule has 0 fully saturated rings. The van der Waals surface area contributed by atoms with Gasteiger partial charge in [0, 0.05) is 5.92 Å². The molecule has 2 atom stereocenters. The second-order valence-electron chi connectivity index (χ2n) is 5.14. The second-order valence-corrected chi connectivity index (χ2v) is 6.18. The van der Waals surface area contributed by atoms with E-state index < -0.39 is 0 Å². The minimum Gasteiger partial charge on any atom is -0.308 e. The summed E-state index contributed by atoms with van der Waals surface area (Å²) in [6, 6.07) is 0.384. The lowest BCUT2D eigenvalue weighted by atomic mass is 10.0. The number of aromatic nitrogens is 2. The molecule has 0 aromatic carbocycles. The van der Waals surface area contributed by atoms with E-state index in [9.17, 15) is 0 Å². The molecular formula is C15H29N3S. The van der Waals surface area contributed by atoms with Gasteiger partial charge in [0.1, 0.15) is 10.0 Å². The van der Waals surface area contributed by atoms with Crippen LogP contribution in [-0.4, -0.2) is 16.7 Å². The fourth-order valence-electron chi connectivity index (χ4n) is 2.23. The van der Waals surface area contributed by atoms with Crippen LogP contribution in [0, 0.1) is 0 Å². The molecule has 0 aliphatic carbocycles. The fourth-order valence-corrected chi connectivity index (χ4v) is 3.45. The van der Waals surface area contributed by atoms with Gasteiger partial charge >= 0.3 is 0 Å². The Morgan fingerprint density at radius 2 is 1.74 bits per heavy atom. The van der Waals surface area contributed by atoms with Crippen LogP contribution in [0.3, 0.4) is 0 Å². The molecular weight excluding hydrogens is 254 g/mol. The van der Waals surface area contributed by atoms with Gasteiger partial charge in [-0.15, -0.1) is 10.2 Å². The first kappa shape index (κ1) is 16.6. The van der Waals surface area contributed by atoms with Crippen molar-refractivity contribution in [3.63, 3.8) is 0 Å². The van der Waals surface area contributed by atoms with Crippen LogP contribution in [0.2, 0.25) is 0 Å². The Labute approximate surface area is 122 Å². The molecule has 3 nitrogen and oxygen atoms in total. The third-order valence-electron chi connectivity index (χ3n) is 3.55.